The Morgan fingerprint density at radius 1 is 1.64 bits per heavy atom. The van der Waals surface area contributed by atoms with Crippen LogP contribution in [0.1, 0.15) is 16.7 Å². The van der Waals surface area contributed by atoms with Crippen molar-refractivity contribution in [3.63, 3.8) is 0 Å². The molecule has 1 N–H and O–H groups in total. The first-order valence-corrected chi connectivity index (χ1v) is 5.60. The van der Waals surface area contributed by atoms with E-state index in [4.69, 9.17) is 0 Å². The quantitative estimate of drug-likeness (QED) is 0.907. The van der Waals surface area contributed by atoms with Crippen molar-refractivity contribution in [1.82, 2.24) is 14.5 Å². The Hall–Kier alpha value is -0.720. The highest BCUT2D eigenvalue weighted by molar-refractivity contribution is 9.10. The standard InChI is InChI=1S/C8H8BrN3OS/c1-12-3-10-2-5(12)6(13)7-8(9)11-4-14-7/h2-4,6,13H,1H3. The van der Waals surface area contributed by atoms with Crippen LogP contribution in [0.3, 0.4) is 0 Å². The van der Waals surface area contributed by atoms with Gasteiger partial charge >= 0.3 is 0 Å². The van der Waals surface area contributed by atoms with Crippen LogP contribution in [-0.2, 0) is 7.05 Å². The third kappa shape index (κ3) is 1.60. The molecule has 0 aromatic carbocycles. The largest absolute Gasteiger partial charge is 0.381 e. The van der Waals surface area contributed by atoms with Crippen molar-refractivity contribution >= 4 is 27.3 Å². The zero-order chi connectivity index (χ0) is 10.1. The molecule has 0 saturated heterocycles. The normalized spacial score (nSPS) is 13.1. The van der Waals surface area contributed by atoms with Gasteiger partial charge in [-0.2, -0.15) is 0 Å². The number of imidazole rings is 1. The molecule has 0 radical (unpaired) electrons. The molecule has 0 fully saturated rings. The first kappa shape index (κ1) is 9.82. The van der Waals surface area contributed by atoms with E-state index < -0.39 is 6.10 Å². The molecule has 2 heterocycles. The van der Waals surface area contributed by atoms with Crippen molar-refractivity contribution in [2.24, 2.45) is 7.05 Å². The highest BCUT2D eigenvalue weighted by Crippen LogP contribution is 2.30. The molecule has 0 bridgehead atoms. The zero-order valence-electron chi connectivity index (χ0n) is 7.38. The smallest absolute Gasteiger partial charge is 0.132 e. The molecule has 1 unspecified atom stereocenters. The number of halogens is 1. The second-order valence-corrected chi connectivity index (χ2v) is 4.48. The number of aryl methyl sites for hydroxylation is 1. The van der Waals surface area contributed by atoms with Gasteiger partial charge in [-0.3, -0.25) is 0 Å². The Balaban J connectivity index is 2.38. The summed E-state index contributed by atoms with van der Waals surface area (Å²) < 4.78 is 2.48. The van der Waals surface area contributed by atoms with E-state index in [2.05, 4.69) is 25.9 Å². The molecule has 0 aliphatic carbocycles. The monoisotopic (exact) mass is 273 g/mol. The lowest BCUT2D eigenvalue weighted by Crippen LogP contribution is -2.03. The maximum atomic E-state index is 10.0. The van der Waals surface area contributed by atoms with Crippen LogP contribution in [0.2, 0.25) is 0 Å². The summed E-state index contributed by atoms with van der Waals surface area (Å²) in [7, 11) is 1.85. The zero-order valence-corrected chi connectivity index (χ0v) is 9.79. The Morgan fingerprint density at radius 2 is 2.43 bits per heavy atom. The summed E-state index contributed by atoms with van der Waals surface area (Å²) in [6.07, 6.45) is 2.65. The number of aromatic nitrogens is 3. The van der Waals surface area contributed by atoms with Crippen molar-refractivity contribution < 1.29 is 5.11 Å². The van der Waals surface area contributed by atoms with Gasteiger partial charge in [0.05, 0.1) is 28.6 Å². The number of aliphatic hydroxyl groups excluding tert-OH is 1. The first-order chi connectivity index (χ1) is 6.70. The minimum atomic E-state index is -0.663. The van der Waals surface area contributed by atoms with Crippen LogP contribution in [0.5, 0.6) is 0 Å². The molecule has 0 saturated carbocycles. The van der Waals surface area contributed by atoms with Gasteiger partial charge in [0.1, 0.15) is 10.7 Å². The van der Waals surface area contributed by atoms with Crippen LogP contribution in [0.25, 0.3) is 0 Å². The fourth-order valence-electron chi connectivity index (χ4n) is 1.18. The average Bonchev–Trinajstić information content (AvgIpc) is 2.73. The van der Waals surface area contributed by atoms with E-state index in [9.17, 15) is 5.11 Å². The fraction of sp³-hybridized carbons (Fsp3) is 0.250. The summed E-state index contributed by atoms with van der Waals surface area (Å²) >= 11 is 4.70. The number of aliphatic hydroxyl groups is 1. The van der Waals surface area contributed by atoms with E-state index in [-0.39, 0.29) is 0 Å². The van der Waals surface area contributed by atoms with Crippen LogP contribution < -0.4 is 0 Å². The van der Waals surface area contributed by atoms with Crippen LogP contribution in [0, 0.1) is 0 Å². The number of thiazole rings is 1. The van der Waals surface area contributed by atoms with Crippen LogP contribution >= 0.6 is 27.3 Å². The first-order valence-electron chi connectivity index (χ1n) is 3.93. The number of nitrogens with zero attached hydrogens (tertiary/aromatic N) is 3. The van der Waals surface area contributed by atoms with Gasteiger partial charge in [0, 0.05) is 7.05 Å². The van der Waals surface area contributed by atoms with Crippen molar-refractivity contribution in [2.75, 3.05) is 0 Å². The third-order valence-corrected chi connectivity index (χ3v) is 3.71. The molecule has 0 spiro atoms. The van der Waals surface area contributed by atoms with E-state index in [1.807, 2.05) is 7.05 Å². The topological polar surface area (TPSA) is 50.9 Å². The number of hydrogen-bond donors (Lipinski definition) is 1. The summed E-state index contributed by atoms with van der Waals surface area (Å²) in [6, 6.07) is 0. The summed E-state index contributed by atoms with van der Waals surface area (Å²) in [5.41, 5.74) is 2.45. The lowest BCUT2D eigenvalue weighted by Gasteiger charge is -2.08. The minimum Gasteiger partial charge on any atom is -0.381 e. The summed E-state index contributed by atoms with van der Waals surface area (Å²) in [5.74, 6) is 0. The van der Waals surface area contributed by atoms with Gasteiger partial charge in [-0.1, -0.05) is 0 Å². The van der Waals surface area contributed by atoms with Crippen molar-refractivity contribution in [2.45, 2.75) is 6.10 Å². The molecule has 74 valence electrons. The molecular formula is C8H8BrN3OS. The van der Waals surface area contributed by atoms with Gasteiger partial charge < -0.3 is 9.67 Å². The molecule has 2 rings (SSSR count). The van der Waals surface area contributed by atoms with Gasteiger partial charge in [-0.15, -0.1) is 11.3 Å². The summed E-state index contributed by atoms with van der Waals surface area (Å²) in [4.78, 5) is 8.78. The van der Waals surface area contributed by atoms with Gasteiger partial charge in [0.2, 0.25) is 0 Å². The molecule has 2 aromatic rings. The van der Waals surface area contributed by atoms with E-state index in [1.54, 1.807) is 22.6 Å². The Labute approximate surface area is 93.4 Å². The van der Waals surface area contributed by atoms with Crippen LogP contribution in [0.15, 0.2) is 22.6 Å². The van der Waals surface area contributed by atoms with E-state index in [0.717, 1.165) is 10.6 Å². The highest BCUT2D eigenvalue weighted by atomic mass is 79.9. The van der Waals surface area contributed by atoms with Crippen LogP contribution in [0.4, 0.5) is 0 Å². The molecule has 0 amide bonds. The molecule has 14 heavy (non-hydrogen) atoms. The SMILES string of the molecule is Cn1cncc1C(O)c1scnc1Br. The average molecular weight is 274 g/mol. The third-order valence-electron chi connectivity index (χ3n) is 1.93. The highest BCUT2D eigenvalue weighted by Gasteiger charge is 2.18. The number of rotatable bonds is 2. The van der Waals surface area contributed by atoms with Gasteiger partial charge in [-0.05, 0) is 15.9 Å². The molecule has 1 atom stereocenters. The predicted molar refractivity (Wildman–Crippen MR) is 57.1 cm³/mol. The van der Waals surface area contributed by atoms with Crippen molar-refractivity contribution in [1.29, 1.82) is 0 Å². The molecular weight excluding hydrogens is 266 g/mol. The Morgan fingerprint density at radius 3 is 2.93 bits per heavy atom. The lowest BCUT2D eigenvalue weighted by atomic mass is 10.2. The summed E-state index contributed by atoms with van der Waals surface area (Å²) in [6.45, 7) is 0. The molecule has 2 aromatic heterocycles. The maximum absolute atomic E-state index is 10.0. The number of hydrogen-bond acceptors (Lipinski definition) is 4. The predicted octanol–water partition coefficient (Wildman–Crippen LogP) is 1.72. The Bertz CT molecular complexity index is 399. The Kier molecular flexibility index (Phi) is 2.66. The van der Waals surface area contributed by atoms with Crippen molar-refractivity contribution in [3.05, 3.63) is 33.2 Å². The lowest BCUT2D eigenvalue weighted by molar-refractivity contribution is 0.214. The van der Waals surface area contributed by atoms with Gasteiger partial charge in [0.25, 0.3) is 0 Å². The molecule has 0 aliphatic rings. The molecule has 6 heteroatoms. The summed E-state index contributed by atoms with van der Waals surface area (Å²) in [5, 5.41) is 10.0. The van der Waals surface area contributed by atoms with E-state index >= 15 is 0 Å². The fourth-order valence-corrected chi connectivity index (χ4v) is 2.59. The van der Waals surface area contributed by atoms with Crippen molar-refractivity contribution in [3.8, 4) is 0 Å². The molecule has 0 aliphatic heterocycles. The maximum Gasteiger partial charge on any atom is 0.132 e. The second kappa shape index (κ2) is 3.80. The second-order valence-electron chi connectivity index (χ2n) is 2.84. The van der Waals surface area contributed by atoms with E-state index in [1.165, 1.54) is 11.3 Å². The van der Waals surface area contributed by atoms with Gasteiger partial charge in [-0.25, -0.2) is 9.97 Å². The van der Waals surface area contributed by atoms with E-state index in [0.29, 0.717) is 4.60 Å². The van der Waals surface area contributed by atoms with Crippen LogP contribution in [-0.4, -0.2) is 19.6 Å². The molecule has 4 nitrogen and oxygen atoms in total. The minimum absolute atomic E-state index is 0.663. The van der Waals surface area contributed by atoms with Gasteiger partial charge in [0.15, 0.2) is 0 Å².